The van der Waals surface area contributed by atoms with E-state index in [1.807, 2.05) is 13.8 Å². The van der Waals surface area contributed by atoms with Crippen molar-refractivity contribution in [2.24, 2.45) is 0 Å². The molecule has 0 aliphatic carbocycles. The molecule has 0 aliphatic rings. The minimum absolute atomic E-state index is 0.0176. The summed E-state index contributed by atoms with van der Waals surface area (Å²) in [6.07, 6.45) is 0.806. The zero-order chi connectivity index (χ0) is 18.0. The average molecular weight is 356 g/mol. The number of hydrogen-bond acceptors (Lipinski definition) is 3. The third-order valence-electron chi connectivity index (χ3n) is 4.08. The molecule has 5 nitrogen and oxygen atoms in total. The zero-order valence-corrected chi connectivity index (χ0v) is 14.7. The van der Waals surface area contributed by atoms with Gasteiger partial charge < -0.3 is 5.32 Å². The van der Waals surface area contributed by atoms with Crippen molar-refractivity contribution in [2.45, 2.75) is 26.3 Å². The maximum Gasteiger partial charge on any atom is 0.279 e. The van der Waals surface area contributed by atoms with Crippen LogP contribution in [0.5, 0.6) is 0 Å². The number of nitrogens with one attached hydrogen (secondary N) is 1. The van der Waals surface area contributed by atoms with Crippen molar-refractivity contribution in [1.82, 2.24) is 15.1 Å². The summed E-state index contributed by atoms with van der Waals surface area (Å²) in [6.45, 7) is 3.92. The molecule has 1 N–H and O–H groups in total. The number of nitrogens with zero attached hydrogens (tertiary/aromatic N) is 2. The van der Waals surface area contributed by atoms with Crippen LogP contribution in [0, 0.1) is 0 Å². The van der Waals surface area contributed by atoms with Gasteiger partial charge >= 0.3 is 0 Å². The van der Waals surface area contributed by atoms with Crippen LogP contribution in [-0.2, 0) is 0 Å². The van der Waals surface area contributed by atoms with Gasteiger partial charge in [0.1, 0.15) is 0 Å². The van der Waals surface area contributed by atoms with E-state index in [-0.39, 0.29) is 23.2 Å². The first-order valence-corrected chi connectivity index (χ1v) is 8.48. The normalized spacial score (nSPS) is 12.1. The van der Waals surface area contributed by atoms with E-state index in [1.165, 1.54) is 4.68 Å². The van der Waals surface area contributed by atoms with Crippen molar-refractivity contribution in [2.75, 3.05) is 0 Å². The molecular weight excluding hydrogens is 338 g/mol. The molecule has 2 aromatic carbocycles. The van der Waals surface area contributed by atoms with Crippen molar-refractivity contribution >= 4 is 28.3 Å². The number of rotatable bonds is 4. The van der Waals surface area contributed by atoms with E-state index in [1.54, 1.807) is 48.5 Å². The van der Waals surface area contributed by atoms with Gasteiger partial charge in [-0.05, 0) is 43.7 Å². The number of halogens is 1. The first kappa shape index (κ1) is 17.2. The fraction of sp³-hybridized carbons (Fsp3) is 0.211. The van der Waals surface area contributed by atoms with Gasteiger partial charge in [0.25, 0.3) is 11.5 Å². The lowest BCUT2D eigenvalue weighted by molar-refractivity contribution is 0.0934. The Kier molecular flexibility index (Phi) is 4.86. The molecule has 128 valence electrons. The maximum absolute atomic E-state index is 12.8. The molecular formula is C19H18ClN3O2. The minimum atomic E-state index is -0.298. The van der Waals surface area contributed by atoms with Crippen molar-refractivity contribution in [3.63, 3.8) is 0 Å². The van der Waals surface area contributed by atoms with Gasteiger partial charge in [0.05, 0.1) is 11.1 Å². The largest absolute Gasteiger partial charge is 0.348 e. The predicted molar refractivity (Wildman–Crippen MR) is 99.6 cm³/mol. The van der Waals surface area contributed by atoms with Crippen LogP contribution in [0.25, 0.3) is 16.5 Å². The van der Waals surface area contributed by atoms with Gasteiger partial charge in [-0.1, -0.05) is 36.7 Å². The Morgan fingerprint density at radius 1 is 1.16 bits per heavy atom. The lowest BCUT2D eigenvalue weighted by Crippen LogP contribution is -2.34. The number of amides is 1. The van der Waals surface area contributed by atoms with Crippen LogP contribution in [0.2, 0.25) is 5.02 Å². The second-order valence-electron chi connectivity index (χ2n) is 5.87. The van der Waals surface area contributed by atoms with E-state index in [4.69, 9.17) is 11.6 Å². The Hall–Kier alpha value is -2.66. The highest BCUT2D eigenvalue weighted by atomic mass is 35.5. The predicted octanol–water partition coefficient (Wildman–Crippen LogP) is 3.57. The fourth-order valence-electron chi connectivity index (χ4n) is 2.51. The molecule has 0 aliphatic heterocycles. The van der Waals surface area contributed by atoms with Gasteiger partial charge in [0, 0.05) is 16.5 Å². The van der Waals surface area contributed by atoms with Gasteiger partial charge in [-0.3, -0.25) is 9.59 Å². The van der Waals surface area contributed by atoms with Crippen LogP contribution in [0.3, 0.4) is 0 Å². The average Bonchev–Trinajstić information content (AvgIpc) is 2.63. The summed E-state index contributed by atoms with van der Waals surface area (Å²) in [5, 5.41) is 8.79. The van der Waals surface area contributed by atoms with E-state index >= 15 is 0 Å². The molecule has 1 amide bonds. The summed E-state index contributed by atoms with van der Waals surface area (Å²) < 4.78 is 1.24. The smallest absolute Gasteiger partial charge is 0.279 e. The van der Waals surface area contributed by atoms with E-state index in [0.29, 0.717) is 21.5 Å². The third-order valence-corrected chi connectivity index (χ3v) is 4.33. The molecule has 0 radical (unpaired) electrons. The zero-order valence-electron chi connectivity index (χ0n) is 14.0. The Morgan fingerprint density at radius 3 is 2.44 bits per heavy atom. The van der Waals surface area contributed by atoms with Crippen molar-refractivity contribution in [3.8, 4) is 5.69 Å². The highest BCUT2D eigenvalue weighted by Crippen LogP contribution is 2.17. The molecule has 0 saturated carbocycles. The van der Waals surface area contributed by atoms with Gasteiger partial charge in [0.2, 0.25) is 0 Å². The summed E-state index contributed by atoms with van der Waals surface area (Å²) in [5.74, 6) is -0.298. The number of carbonyl (C=O) groups excluding carboxylic acids is 1. The molecule has 3 aromatic rings. The molecule has 25 heavy (non-hydrogen) atoms. The van der Waals surface area contributed by atoms with Gasteiger partial charge in [-0.15, -0.1) is 0 Å². The second kappa shape index (κ2) is 7.07. The van der Waals surface area contributed by atoms with Gasteiger partial charge in [-0.25, -0.2) is 0 Å². The van der Waals surface area contributed by atoms with Crippen LogP contribution in [0.15, 0.2) is 53.3 Å². The Morgan fingerprint density at radius 2 is 1.80 bits per heavy atom. The Bertz CT molecular complexity index is 980. The SMILES string of the molecule is CCC(C)NC(=O)c1nn(-c2ccc(Cl)cc2)c(=O)c2ccccc12. The number of hydrogen-bond donors (Lipinski definition) is 1. The number of carbonyl (C=O) groups is 1. The topological polar surface area (TPSA) is 64.0 Å². The molecule has 1 aromatic heterocycles. The number of benzene rings is 2. The van der Waals surface area contributed by atoms with Crippen LogP contribution >= 0.6 is 11.6 Å². The van der Waals surface area contributed by atoms with Crippen LogP contribution < -0.4 is 10.9 Å². The summed E-state index contributed by atoms with van der Waals surface area (Å²) in [5.41, 5.74) is 0.501. The lowest BCUT2D eigenvalue weighted by Gasteiger charge is -2.14. The summed E-state index contributed by atoms with van der Waals surface area (Å²) in [6, 6.07) is 13.8. The van der Waals surface area contributed by atoms with Crippen LogP contribution in [-0.4, -0.2) is 21.7 Å². The number of fused-ring (bicyclic) bond motifs is 1. The van der Waals surface area contributed by atoms with Crippen molar-refractivity contribution in [3.05, 3.63) is 69.6 Å². The molecule has 1 heterocycles. The second-order valence-corrected chi connectivity index (χ2v) is 6.31. The van der Waals surface area contributed by atoms with E-state index in [2.05, 4.69) is 10.4 Å². The van der Waals surface area contributed by atoms with Gasteiger partial charge in [0.15, 0.2) is 5.69 Å². The number of aromatic nitrogens is 2. The highest BCUT2D eigenvalue weighted by Gasteiger charge is 2.18. The molecule has 0 spiro atoms. The molecule has 1 unspecified atom stereocenters. The molecule has 0 bridgehead atoms. The van der Waals surface area contributed by atoms with Crippen molar-refractivity contribution in [1.29, 1.82) is 0 Å². The lowest BCUT2D eigenvalue weighted by atomic mass is 10.1. The van der Waals surface area contributed by atoms with Gasteiger partial charge in [-0.2, -0.15) is 9.78 Å². The molecule has 0 saturated heterocycles. The summed E-state index contributed by atoms with van der Waals surface area (Å²) in [4.78, 5) is 25.5. The maximum atomic E-state index is 12.8. The standard InChI is InChI=1S/C19H18ClN3O2/c1-3-12(2)21-18(24)17-15-6-4-5-7-16(15)19(25)23(22-17)14-10-8-13(20)9-11-14/h4-12H,3H2,1-2H3,(H,21,24). The van der Waals surface area contributed by atoms with Crippen LogP contribution in [0.1, 0.15) is 30.8 Å². The van der Waals surface area contributed by atoms with E-state index in [9.17, 15) is 9.59 Å². The molecule has 3 rings (SSSR count). The first-order valence-electron chi connectivity index (χ1n) is 8.10. The Labute approximate surface area is 150 Å². The molecule has 0 fully saturated rings. The molecule has 1 atom stereocenters. The molecule has 6 heteroatoms. The minimum Gasteiger partial charge on any atom is -0.348 e. The van der Waals surface area contributed by atoms with E-state index in [0.717, 1.165) is 6.42 Å². The quantitative estimate of drug-likeness (QED) is 0.778. The summed E-state index contributed by atoms with van der Waals surface area (Å²) in [7, 11) is 0. The monoisotopic (exact) mass is 355 g/mol. The van der Waals surface area contributed by atoms with Crippen LogP contribution in [0.4, 0.5) is 0 Å². The third kappa shape index (κ3) is 3.42. The summed E-state index contributed by atoms with van der Waals surface area (Å²) >= 11 is 5.92. The highest BCUT2D eigenvalue weighted by molar-refractivity contribution is 6.30. The Balaban J connectivity index is 2.22. The van der Waals surface area contributed by atoms with E-state index < -0.39 is 0 Å². The fourth-order valence-corrected chi connectivity index (χ4v) is 2.63. The first-order chi connectivity index (χ1) is 12.0. The van der Waals surface area contributed by atoms with Crippen molar-refractivity contribution < 1.29 is 4.79 Å².